The van der Waals surface area contributed by atoms with E-state index in [1.165, 1.54) is 6.07 Å². The third kappa shape index (κ3) is 1.80. The van der Waals surface area contributed by atoms with Gasteiger partial charge in [0.25, 0.3) is 0 Å². The molecule has 0 saturated carbocycles. The second kappa shape index (κ2) is 2.74. The Labute approximate surface area is 65.2 Å². The van der Waals surface area contributed by atoms with Gasteiger partial charge >= 0.3 is 5.63 Å². The van der Waals surface area contributed by atoms with Crippen LogP contribution in [0, 0.1) is 6.92 Å². The van der Waals surface area contributed by atoms with Crippen LogP contribution >= 0.6 is 0 Å². The molecule has 0 unspecified atom stereocenters. The molecule has 0 aromatic carbocycles. The highest BCUT2D eigenvalue weighted by atomic mass is 16.4. The van der Waals surface area contributed by atoms with Crippen molar-refractivity contribution in [3.8, 4) is 0 Å². The number of aryl methyl sites for hydroxylation is 1. The molecule has 0 aliphatic heterocycles. The van der Waals surface area contributed by atoms with Gasteiger partial charge in [0.2, 0.25) is 0 Å². The molecule has 1 aromatic heterocycles. The lowest BCUT2D eigenvalue weighted by molar-refractivity contribution is 0.496. The highest BCUT2D eigenvalue weighted by Crippen LogP contribution is 2.09. The van der Waals surface area contributed by atoms with E-state index in [-0.39, 0.29) is 5.63 Å². The highest BCUT2D eigenvalue weighted by Gasteiger charge is 1.97. The van der Waals surface area contributed by atoms with Gasteiger partial charge in [-0.3, -0.25) is 0 Å². The van der Waals surface area contributed by atoms with Gasteiger partial charge in [0.05, 0.1) is 0 Å². The van der Waals surface area contributed by atoms with E-state index in [1.807, 2.05) is 6.92 Å². The number of hydrogen-bond acceptors (Lipinski definition) is 2. The smallest absolute Gasteiger partial charge is 0.336 e. The summed E-state index contributed by atoms with van der Waals surface area (Å²) in [6.07, 6.45) is 0. The van der Waals surface area contributed by atoms with E-state index in [9.17, 15) is 4.79 Å². The van der Waals surface area contributed by atoms with Crippen molar-refractivity contribution in [2.45, 2.75) is 13.8 Å². The largest absolute Gasteiger partial charge is 0.423 e. The molecule has 2 nitrogen and oxygen atoms in total. The maximum atomic E-state index is 10.8. The molecule has 1 aromatic rings. The van der Waals surface area contributed by atoms with Crippen molar-refractivity contribution in [1.82, 2.24) is 0 Å². The van der Waals surface area contributed by atoms with Crippen LogP contribution in [0.2, 0.25) is 0 Å². The van der Waals surface area contributed by atoms with Crippen molar-refractivity contribution in [1.29, 1.82) is 0 Å². The maximum absolute atomic E-state index is 10.8. The number of hydrogen-bond donors (Lipinski definition) is 0. The van der Waals surface area contributed by atoms with Crippen LogP contribution in [0.3, 0.4) is 0 Å². The number of allylic oxidation sites excluding steroid dienone is 1. The summed E-state index contributed by atoms with van der Waals surface area (Å²) in [7, 11) is 0. The van der Waals surface area contributed by atoms with E-state index in [0.717, 1.165) is 11.1 Å². The Morgan fingerprint density at radius 1 is 1.55 bits per heavy atom. The van der Waals surface area contributed by atoms with Crippen LogP contribution in [0.25, 0.3) is 5.57 Å². The first-order chi connectivity index (χ1) is 5.09. The van der Waals surface area contributed by atoms with Gasteiger partial charge in [-0.1, -0.05) is 6.58 Å². The molecule has 0 bridgehead atoms. The lowest BCUT2D eigenvalue weighted by atomic mass is 10.2. The molecule has 1 heterocycles. The Morgan fingerprint density at radius 2 is 2.18 bits per heavy atom. The van der Waals surface area contributed by atoms with E-state index in [4.69, 9.17) is 4.42 Å². The highest BCUT2D eigenvalue weighted by molar-refractivity contribution is 5.56. The molecule has 0 N–H and O–H groups in total. The van der Waals surface area contributed by atoms with Gasteiger partial charge in [0, 0.05) is 6.07 Å². The average Bonchev–Trinajstić information content (AvgIpc) is 1.85. The standard InChI is InChI=1S/C9H10O2/c1-6(2)8-4-7(3)5-9(10)11-8/h4-5H,1H2,2-3H3. The molecule has 0 amide bonds. The van der Waals surface area contributed by atoms with E-state index in [0.29, 0.717) is 5.76 Å². The lowest BCUT2D eigenvalue weighted by Crippen LogP contribution is -1.98. The van der Waals surface area contributed by atoms with E-state index in [1.54, 1.807) is 13.0 Å². The van der Waals surface area contributed by atoms with Gasteiger partial charge in [-0.25, -0.2) is 4.79 Å². The minimum absolute atomic E-state index is 0.317. The van der Waals surface area contributed by atoms with Crippen molar-refractivity contribution in [2.75, 3.05) is 0 Å². The zero-order chi connectivity index (χ0) is 8.43. The minimum Gasteiger partial charge on any atom is -0.423 e. The summed E-state index contributed by atoms with van der Waals surface area (Å²) < 4.78 is 4.86. The van der Waals surface area contributed by atoms with Crippen molar-refractivity contribution < 1.29 is 4.42 Å². The second-order valence-corrected chi connectivity index (χ2v) is 2.60. The quantitative estimate of drug-likeness (QED) is 0.612. The zero-order valence-electron chi connectivity index (χ0n) is 6.68. The predicted molar refractivity (Wildman–Crippen MR) is 44.4 cm³/mol. The molecule has 2 heteroatoms. The SMILES string of the molecule is C=C(C)c1cc(C)cc(=O)o1. The first kappa shape index (κ1) is 7.79. The Morgan fingerprint density at radius 3 is 2.64 bits per heavy atom. The molecule has 0 fully saturated rings. The summed E-state index contributed by atoms with van der Waals surface area (Å²) in [5, 5.41) is 0. The molecule has 0 atom stereocenters. The zero-order valence-corrected chi connectivity index (χ0v) is 6.68. The fourth-order valence-corrected chi connectivity index (χ4v) is 0.812. The van der Waals surface area contributed by atoms with Gasteiger partial charge in [-0.05, 0) is 31.1 Å². The fourth-order valence-electron chi connectivity index (χ4n) is 0.812. The molecular formula is C9H10O2. The second-order valence-electron chi connectivity index (χ2n) is 2.60. The van der Waals surface area contributed by atoms with Gasteiger partial charge in [-0.15, -0.1) is 0 Å². The molecule has 0 aliphatic rings. The minimum atomic E-state index is -0.317. The lowest BCUT2D eigenvalue weighted by Gasteiger charge is -1.97. The van der Waals surface area contributed by atoms with Crippen LogP contribution in [0.5, 0.6) is 0 Å². The van der Waals surface area contributed by atoms with Crippen LogP contribution in [-0.2, 0) is 0 Å². The Hall–Kier alpha value is -1.31. The molecule has 0 spiro atoms. The summed E-state index contributed by atoms with van der Waals surface area (Å²) in [6, 6.07) is 3.25. The monoisotopic (exact) mass is 150 g/mol. The van der Waals surface area contributed by atoms with Crippen LogP contribution in [0.4, 0.5) is 0 Å². The van der Waals surface area contributed by atoms with Gasteiger partial charge < -0.3 is 4.42 Å². The molecule has 0 radical (unpaired) electrons. The van der Waals surface area contributed by atoms with Gasteiger partial charge in [0.15, 0.2) is 0 Å². The van der Waals surface area contributed by atoms with E-state index < -0.39 is 0 Å². The summed E-state index contributed by atoms with van der Waals surface area (Å²) in [6.45, 7) is 7.33. The van der Waals surface area contributed by atoms with Crippen molar-refractivity contribution in [3.05, 3.63) is 40.5 Å². The van der Waals surface area contributed by atoms with Crippen molar-refractivity contribution >= 4 is 5.57 Å². The summed E-state index contributed by atoms with van der Waals surface area (Å²) in [5.41, 5.74) is 1.35. The maximum Gasteiger partial charge on any atom is 0.336 e. The van der Waals surface area contributed by atoms with Crippen LogP contribution in [0.1, 0.15) is 18.2 Å². The Kier molecular flexibility index (Phi) is 1.94. The average molecular weight is 150 g/mol. The van der Waals surface area contributed by atoms with Crippen LogP contribution < -0.4 is 5.63 Å². The van der Waals surface area contributed by atoms with Crippen LogP contribution in [0.15, 0.2) is 27.9 Å². The summed E-state index contributed by atoms with van der Waals surface area (Å²) in [4.78, 5) is 10.8. The van der Waals surface area contributed by atoms with Crippen LogP contribution in [-0.4, -0.2) is 0 Å². The third-order valence-corrected chi connectivity index (χ3v) is 1.34. The normalized spacial score (nSPS) is 9.64. The topological polar surface area (TPSA) is 30.2 Å². The van der Waals surface area contributed by atoms with E-state index >= 15 is 0 Å². The first-order valence-electron chi connectivity index (χ1n) is 3.37. The number of rotatable bonds is 1. The Balaban J connectivity index is 3.30. The Bertz CT molecular complexity index is 334. The van der Waals surface area contributed by atoms with Crippen molar-refractivity contribution in [2.24, 2.45) is 0 Å². The van der Waals surface area contributed by atoms with Gasteiger partial charge in [0.1, 0.15) is 5.76 Å². The molecule has 0 saturated heterocycles. The first-order valence-corrected chi connectivity index (χ1v) is 3.37. The fraction of sp³-hybridized carbons (Fsp3) is 0.222. The van der Waals surface area contributed by atoms with Gasteiger partial charge in [-0.2, -0.15) is 0 Å². The predicted octanol–water partition coefficient (Wildman–Crippen LogP) is 1.98. The molecule has 58 valence electrons. The molecule has 1 rings (SSSR count). The molecular weight excluding hydrogens is 140 g/mol. The van der Waals surface area contributed by atoms with E-state index in [2.05, 4.69) is 6.58 Å². The van der Waals surface area contributed by atoms with Crippen molar-refractivity contribution in [3.63, 3.8) is 0 Å². The molecule has 11 heavy (non-hydrogen) atoms. The molecule has 0 aliphatic carbocycles. The summed E-state index contributed by atoms with van der Waals surface area (Å²) in [5.74, 6) is 0.565. The summed E-state index contributed by atoms with van der Waals surface area (Å²) >= 11 is 0. The third-order valence-electron chi connectivity index (χ3n) is 1.34.